The van der Waals surface area contributed by atoms with E-state index >= 15 is 0 Å². The van der Waals surface area contributed by atoms with Crippen molar-refractivity contribution in [2.75, 3.05) is 11.4 Å². The molecule has 0 saturated heterocycles. The zero-order valence-corrected chi connectivity index (χ0v) is 17.2. The molecule has 1 N–H and O–H groups in total. The van der Waals surface area contributed by atoms with E-state index in [0.717, 1.165) is 16.3 Å². The second-order valence-electron chi connectivity index (χ2n) is 7.66. The fourth-order valence-electron chi connectivity index (χ4n) is 4.13. The maximum absolute atomic E-state index is 13.5. The number of hydrogen-bond donors (Lipinski definition) is 1. The van der Waals surface area contributed by atoms with Crippen molar-refractivity contribution in [3.63, 3.8) is 0 Å². The summed E-state index contributed by atoms with van der Waals surface area (Å²) in [4.78, 5) is 12.9. The Labute approximate surface area is 188 Å². The molecule has 1 atom stereocenters. The average molecular weight is 470 g/mol. The number of aromatic amines is 1. The van der Waals surface area contributed by atoms with Gasteiger partial charge >= 0.3 is 12.2 Å². The van der Waals surface area contributed by atoms with Gasteiger partial charge in [-0.1, -0.05) is 17.2 Å². The largest absolute Gasteiger partial charge is 0.433 e. The predicted octanol–water partition coefficient (Wildman–Crippen LogP) is 3.81. The number of aromatic nitrogens is 7. The minimum Gasteiger partial charge on any atom is -0.402 e. The van der Waals surface area contributed by atoms with Crippen LogP contribution in [0.4, 0.5) is 23.6 Å². The number of imidazole rings is 1. The number of fused-ring (bicyclic) bond motifs is 2. The number of rotatable bonds is 3. The molecule has 0 unspecified atom stereocenters. The first-order valence-corrected chi connectivity index (χ1v) is 10.2. The van der Waals surface area contributed by atoms with Gasteiger partial charge in [0.05, 0.1) is 23.2 Å². The van der Waals surface area contributed by atoms with Gasteiger partial charge < -0.3 is 14.3 Å². The van der Waals surface area contributed by atoms with Crippen molar-refractivity contribution < 1.29 is 22.0 Å². The molecule has 0 bridgehead atoms. The van der Waals surface area contributed by atoms with Crippen molar-refractivity contribution in [1.29, 1.82) is 0 Å². The number of nitrogens with one attached hydrogen (secondary N) is 1. The second-order valence-corrected chi connectivity index (χ2v) is 7.66. The van der Waals surface area contributed by atoms with E-state index in [0.29, 0.717) is 24.4 Å². The van der Waals surface area contributed by atoms with Gasteiger partial charge in [-0.05, 0) is 30.3 Å². The van der Waals surface area contributed by atoms with Crippen LogP contribution in [-0.2, 0) is 12.6 Å². The third-order valence-corrected chi connectivity index (χ3v) is 5.59. The Bertz CT molecular complexity index is 1500. The lowest BCUT2D eigenvalue weighted by atomic mass is 10.0. The molecule has 0 radical (unpaired) electrons. The molecule has 1 aliphatic heterocycles. The average Bonchev–Trinajstić information content (AvgIpc) is 3.56. The van der Waals surface area contributed by atoms with Gasteiger partial charge in [-0.2, -0.15) is 22.7 Å². The minimum atomic E-state index is -4.58. The number of halogens is 4. The van der Waals surface area contributed by atoms with E-state index in [-0.39, 0.29) is 23.1 Å². The number of alkyl halides is 3. The molecule has 0 spiro atoms. The van der Waals surface area contributed by atoms with E-state index < -0.39 is 23.9 Å². The van der Waals surface area contributed by atoms with Gasteiger partial charge in [0.2, 0.25) is 5.95 Å². The quantitative estimate of drug-likeness (QED) is 0.316. The van der Waals surface area contributed by atoms with Crippen LogP contribution in [0.25, 0.3) is 17.1 Å². The van der Waals surface area contributed by atoms with E-state index in [1.54, 1.807) is 17.0 Å². The first-order chi connectivity index (χ1) is 16.4. The Morgan fingerprint density at radius 3 is 2.76 bits per heavy atom. The van der Waals surface area contributed by atoms with Gasteiger partial charge in [-0.15, -0.1) is 5.10 Å². The Morgan fingerprint density at radius 2 is 1.94 bits per heavy atom. The van der Waals surface area contributed by atoms with Crippen LogP contribution in [0.15, 0.2) is 53.2 Å². The third kappa shape index (κ3) is 3.27. The monoisotopic (exact) mass is 470 g/mol. The van der Waals surface area contributed by atoms with Gasteiger partial charge in [-0.25, -0.2) is 14.5 Å². The molecule has 0 fully saturated rings. The number of anilines is 1. The van der Waals surface area contributed by atoms with E-state index in [2.05, 4.69) is 30.2 Å². The smallest absolute Gasteiger partial charge is 0.402 e. The van der Waals surface area contributed by atoms with Crippen LogP contribution in [-0.4, -0.2) is 41.3 Å². The van der Waals surface area contributed by atoms with Gasteiger partial charge in [-0.3, -0.25) is 0 Å². The van der Waals surface area contributed by atoms with E-state index in [9.17, 15) is 17.6 Å². The molecular formula is C21H14F4N8O. The number of hydrogen-bond acceptors (Lipinski definition) is 7. The Balaban J connectivity index is 1.46. The zero-order chi connectivity index (χ0) is 23.4. The van der Waals surface area contributed by atoms with E-state index in [1.165, 1.54) is 30.6 Å². The van der Waals surface area contributed by atoms with Crippen molar-refractivity contribution in [3.05, 3.63) is 77.5 Å². The number of nitrogens with zero attached hydrogens (tertiary/aromatic N) is 7. The molecule has 9 nitrogen and oxygen atoms in total. The normalized spacial score (nSPS) is 16.2. The van der Waals surface area contributed by atoms with Gasteiger partial charge in [0.1, 0.15) is 17.4 Å². The standard InChI is InChI=1S/C21H14F4N8O/c22-16-6-2-4-13(28-16)19-29-30-20(34-19)32-8-7-12-17(27-10-26-12)18(32)14-9-11-3-1-5-15(21(23,24)25)33(11)31-14/h1-6,9-10,18H,7-8H2,(H,26,27)/t18-/m1/s1. The summed E-state index contributed by atoms with van der Waals surface area (Å²) in [5.74, 6) is -0.685. The Kier molecular flexibility index (Phi) is 4.40. The topological polar surface area (TPSA) is 101 Å². The fraction of sp³-hybridized carbons (Fsp3) is 0.190. The summed E-state index contributed by atoms with van der Waals surface area (Å²) in [5.41, 5.74) is 1.30. The summed E-state index contributed by atoms with van der Waals surface area (Å²) in [6, 6.07) is 9.01. The van der Waals surface area contributed by atoms with Crippen molar-refractivity contribution in [2.45, 2.75) is 18.6 Å². The summed E-state index contributed by atoms with van der Waals surface area (Å²) in [7, 11) is 0. The lowest BCUT2D eigenvalue weighted by molar-refractivity contribution is -0.142. The van der Waals surface area contributed by atoms with Crippen LogP contribution in [0.5, 0.6) is 0 Å². The highest BCUT2D eigenvalue weighted by Gasteiger charge is 2.38. The molecule has 0 amide bonds. The van der Waals surface area contributed by atoms with Crippen LogP contribution < -0.4 is 4.90 Å². The Hall–Kier alpha value is -4.29. The zero-order valence-electron chi connectivity index (χ0n) is 17.2. The lowest BCUT2D eigenvalue weighted by Crippen LogP contribution is -2.37. The molecular weight excluding hydrogens is 456 g/mol. The molecule has 6 rings (SSSR count). The molecule has 0 aromatic carbocycles. The highest BCUT2D eigenvalue weighted by Crippen LogP contribution is 2.38. The molecule has 0 aliphatic carbocycles. The highest BCUT2D eigenvalue weighted by atomic mass is 19.4. The molecule has 34 heavy (non-hydrogen) atoms. The van der Waals surface area contributed by atoms with Crippen molar-refractivity contribution in [3.8, 4) is 11.6 Å². The van der Waals surface area contributed by atoms with Crippen LogP contribution in [0.2, 0.25) is 0 Å². The van der Waals surface area contributed by atoms with Crippen molar-refractivity contribution in [1.82, 2.24) is 34.8 Å². The third-order valence-electron chi connectivity index (χ3n) is 5.59. The van der Waals surface area contributed by atoms with Crippen LogP contribution >= 0.6 is 0 Å². The van der Waals surface area contributed by atoms with Crippen LogP contribution in [0.3, 0.4) is 0 Å². The van der Waals surface area contributed by atoms with Crippen molar-refractivity contribution >= 4 is 11.5 Å². The SMILES string of the molecule is Fc1cccc(-c2nnc(N3CCc4[nH]cnc4[C@H]3c3cc4cccc(C(F)(F)F)n4n3)o2)n1. The number of H-pyrrole nitrogens is 1. The summed E-state index contributed by atoms with van der Waals surface area (Å²) in [5, 5.41) is 12.3. The second kappa shape index (κ2) is 7.37. The fourth-order valence-corrected chi connectivity index (χ4v) is 4.13. The number of pyridine rings is 2. The summed E-state index contributed by atoms with van der Waals surface area (Å²) in [6.07, 6.45) is -2.50. The first-order valence-electron chi connectivity index (χ1n) is 10.2. The van der Waals surface area contributed by atoms with Gasteiger partial charge in [0.15, 0.2) is 0 Å². The van der Waals surface area contributed by atoms with Crippen LogP contribution in [0, 0.1) is 5.95 Å². The summed E-state index contributed by atoms with van der Waals surface area (Å²) >= 11 is 0. The van der Waals surface area contributed by atoms with Gasteiger partial charge in [0.25, 0.3) is 5.89 Å². The van der Waals surface area contributed by atoms with E-state index in [4.69, 9.17) is 4.42 Å². The maximum atomic E-state index is 13.5. The first kappa shape index (κ1) is 20.3. The maximum Gasteiger partial charge on any atom is 0.433 e. The Morgan fingerprint density at radius 1 is 1.09 bits per heavy atom. The summed E-state index contributed by atoms with van der Waals surface area (Å²) < 4.78 is 60.8. The molecule has 5 aromatic heterocycles. The van der Waals surface area contributed by atoms with E-state index in [1.807, 2.05) is 0 Å². The van der Waals surface area contributed by atoms with Crippen molar-refractivity contribution in [2.24, 2.45) is 0 Å². The highest BCUT2D eigenvalue weighted by molar-refractivity contribution is 5.54. The molecule has 13 heteroatoms. The molecule has 0 saturated carbocycles. The minimum absolute atomic E-state index is 0.00966. The van der Waals surface area contributed by atoms with Crippen LogP contribution in [0.1, 0.15) is 28.8 Å². The molecule has 1 aliphatic rings. The van der Waals surface area contributed by atoms with Gasteiger partial charge in [0, 0.05) is 18.7 Å². The molecule has 6 heterocycles. The summed E-state index contributed by atoms with van der Waals surface area (Å²) in [6.45, 7) is 0.401. The molecule has 5 aromatic rings. The predicted molar refractivity (Wildman–Crippen MR) is 109 cm³/mol. The molecule has 172 valence electrons. The lowest BCUT2D eigenvalue weighted by Gasteiger charge is -2.32.